The molecule has 12 heavy (non-hydrogen) atoms. The van der Waals surface area contributed by atoms with Crippen molar-refractivity contribution in [3.05, 3.63) is 43.1 Å². The Morgan fingerprint density at radius 1 is 1.42 bits per heavy atom. The molecule has 0 atom stereocenters. The summed E-state index contributed by atoms with van der Waals surface area (Å²) < 4.78 is 0. The maximum Gasteiger partial charge on any atom is 0.0919 e. The molecule has 2 rings (SSSR count). The third-order valence-corrected chi connectivity index (χ3v) is 1.39. The average Bonchev–Trinajstić information content (AvgIpc) is 2.62. The smallest absolute Gasteiger partial charge is 0.0919 e. The maximum atomic E-state index is 3.67. The van der Waals surface area contributed by atoms with Crippen LogP contribution in [0.4, 0.5) is 0 Å². The van der Waals surface area contributed by atoms with E-state index in [1.54, 1.807) is 18.7 Å². The van der Waals surface area contributed by atoms with Crippen molar-refractivity contribution in [1.29, 1.82) is 0 Å². The lowest BCUT2D eigenvalue weighted by Crippen LogP contribution is -2.11. The molecule has 2 heterocycles. The third-order valence-electron chi connectivity index (χ3n) is 1.39. The van der Waals surface area contributed by atoms with Crippen molar-refractivity contribution in [2.75, 3.05) is 13.6 Å². The monoisotopic (exact) mass is 163 g/mol. The van der Waals surface area contributed by atoms with Crippen LogP contribution in [0.1, 0.15) is 0 Å². The lowest BCUT2D eigenvalue weighted by Gasteiger charge is -2.11. The topological polar surface area (TPSA) is 31.9 Å². The fraction of sp³-hybridized carbons (Fsp3) is 0.222. The molecule has 0 aliphatic carbocycles. The zero-order valence-electron chi connectivity index (χ0n) is 7.14. The van der Waals surface area contributed by atoms with Gasteiger partial charge in [0, 0.05) is 26.0 Å². The molecule has 1 N–H and O–H groups in total. The summed E-state index contributed by atoms with van der Waals surface area (Å²) in [4.78, 5) is 8.54. The van der Waals surface area contributed by atoms with Gasteiger partial charge in [0.25, 0.3) is 0 Å². The van der Waals surface area contributed by atoms with Gasteiger partial charge in [-0.05, 0) is 12.3 Å². The molecular weight excluding hydrogens is 150 g/mol. The first-order valence-electron chi connectivity index (χ1n) is 3.86. The van der Waals surface area contributed by atoms with Gasteiger partial charge in [-0.25, -0.2) is 4.98 Å². The highest BCUT2D eigenvalue weighted by Gasteiger charge is 1.86. The van der Waals surface area contributed by atoms with Crippen molar-refractivity contribution in [2.24, 2.45) is 0 Å². The van der Waals surface area contributed by atoms with Gasteiger partial charge in [0.15, 0.2) is 0 Å². The van der Waals surface area contributed by atoms with Crippen molar-refractivity contribution < 1.29 is 0 Å². The summed E-state index contributed by atoms with van der Waals surface area (Å²) in [5, 5.41) is 0. The highest BCUT2D eigenvalue weighted by Crippen LogP contribution is 1.91. The van der Waals surface area contributed by atoms with Crippen LogP contribution in [0.5, 0.6) is 0 Å². The largest absolute Gasteiger partial charge is 0.377 e. The lowest BCUT2D eigenvalue weighted by atomic mass is 10.4. The molecule has 0 saturated heterocycles. The molecule has 0 spiro atoms. The van der Waals surface area contributed by atoms with E-state index in [0.29, 0.717) is 0 Å². The minimum Gasteiger partial charge on any atom is -0.377 e. The molecule has 0 unspecified atom stereocenters. The molecule has 0 radical (unpaired) electrons. The Hall–Kier alpha value is -1.51. The Labute approximate surface area is 72.4 Å². The number of rotatable bonds is 0. The second-order valence-corrected chi connectivity index (χ2v) is 2.47. The summed E-state index contributed by atoms with van der Waals surface area (Å²) >= 11 is 0. The van der Waals surface area contributed by atoms with Crippen LogP contribution in [0.15, 0.2) is 43.1 Å². The summed E-state index contributed by atoms with van der Waals surface area (Å²) in [5.74, 6) is 0. The number of aromatic amines is 1. The van der Waals surface area contributed by atoms with Gasteiger partial charge in [0.1, 0.15) is 0 Å². The number of hydrogen-bond donors (Lipinski definition) is 1. The number of likely N-dealkylation sites (N-methyl/N-ethyl adjacent to an activating group) is 1. The van der Waals surface area contributed by atoms with Crippen LogP contribution in [-0.2, 0) is 0 Å². The van der Waals surface area contributed by atoms with E-state index < -0.39 is 0 Å². The van der Waals surface area contributed by atoms with Gasteiger partial charge in [-0.3, -0.25) is 0 Å². The van der Waals surface area contributed by atoms with Crippen molar-refractivity contribution >= 4 is 0 Å². The van der Waals surface area contributed by atoms with Crippen molar-refractivity contribution in [3.63, 3.8) is 0 Å². The summed E-state index contributed by atoms with van der Waals surface area (Å²) in [6.45, 7) is 1.05. The Balaban J connectivity index is 0.000000127. The van der Waals surface area contributed by atoms with Crippen LogP contribution in [0.2, 0.25) is 0 Å². The van der Waals surface area contributed by atoms with Crippen LogP contribution in [-0.4, -0.2) is 28.5 Å². The van der Waals surface area contributed by atoms with Crippen LogP contribution in [0.3, 0.4) is 0 Å². The van der Waals surface area contributed by atoms with Gasteiger partial charge in [0.05, 0.1) is 6.33 Å². The minimum absolute atomic E-state index is 1.05. The van der Waals surface area contributed by atoms with E-state index in [2.05, 4.69) is 40.3 Å². The lowest BCUT2D eigenvalue weighted by molar-refractivity contribution is 0.505. The molecule has 1 aromatic heterocycles. The van der Waals surface area contributed by atoms with Gasteiger partial charge in [0.2, 0.25) is 0 Å². The number of allylic oxidation sites excluding steroid dienone is 2. The van der Waals surface area contributed by atoms with Crippen LogP contribution in [0.25, 0.3) is 0 Å². The number of aromatic nitrogens is 2. The molecule has 0 amide bonds. The second-order valence-electron chi connectivity index (χ2n) is 2.47. The number of imidazole rings is 1. The molecule has 0 fully saturated rings. The van der Waals surface area contributed by atoms with Gasteiger partial charge < -0.3 is 9.88 Å². The SMILES string of the molecule is CN1C=CC=CC1.c1c[nH]cn1. The first-order valence-corrected chi connectivity index (χ1v) is 3.86. The molecule has 1 aliphatic heterocycles. The quantitative estimate of drug-likeness (QED) is 0.627. The molecule has 3 nitrogen and oxygen atoms in total. The summed E-state index contributed by atoms with van der Waals surface area (Å²) in [7, 11) is 2.06. The summed E-state index contributed by atoms with van der Waals surface area (Å²) in [6, 6.07) is 0. The zero-order chi connectivity index (χ0) is 8.65. The highest BCUT2D eigenvalue weighted by molar-refractivity contribution is 5.07. The third kappa shape index (κ3) is 3.61. The molecule has 0 aromatic carbocycles. The van der Waals surface area contributed by atoms with E-state index >= 15 is 0 Å². The first kappa shape index (κ1) is 8.59. The first-order chi connectivity index (χ1) is 5.89. The van der Waals surface area contributed by atoms with Gasteiger partial charge in [-0.15, -0.1) is 0 Å². The molecule has 1 aromatic rings. The van der Waals surface area contributed by atoms with Crippen molar-refractivity contribution in [1.82, 2.24) is 14.9 Å². The zero-order valence-corrected chi connectivity index (χ0v) is 7.14. The number of nitrogens with one attached hydrogen (secondary N) is 1. The van der Waals surface area contributed by atoms with Crippen molar-refractivity contribution in [2.45, 2.75) is 0 Å². The predicted octanol–water partition coefficient (Wildman–Crippen LogP) is 1.41. The van der Waals surface area contributed by atoms with Crippen LogP contribution < -0.4 is 0 Å². The van der Waals surface area contributed by atoms with Gasteiger partial charge >= 0.3 is 0 Å². The van der Waals surface area contributed by atoms with E-state index in [1.165, 1.54) is 0 Å². The second kappa shape index (κ2) is 5.18. The molecular formula is C9H13N3. The maximum absolute atomic E-state index is 3.67. The Morgan fingerprint density at radius 2 is 2.33 bits per heavy atom. The fourth-order valence-corrected chi connectivity index (χ4v) is 0.778. The Morgan fingerprint density at radius 3 is 2.58 bits per heavy atom. The van der Waals surface area contributed by atoms with Crippen LogP contribution >= 0.6 is 0 Å². The normalized spacial score (nSPS) is 13.9. The molecule has 0 saturated carbocycles. The number of nitrogens with zero attached hydrogens (tertiary/aromatic N) is 2. The molecule has 0 bridgehead atoms. The Bertz CT molecular complexity index is 219. The van der Waals surface area contributed by atoms with E-state index in [4.69, 9.17) is 0 Å². The average molecular weight is 163 g/mol. The fourth-order valence-electron chi connectivity index (χ4n) is 0.778. The summed E-state index contributed by atoms with van der Waals surface area (Å²) in [5.41, 5.74) is 0. The molecule has 64 valence electrons. The number of hydrogen-bond acceptors (Lipinski definition) is 2. The van der Waals surface area contributed by atoms with E-state index in [0.717, 1.165) is 6.54 Å². The molecule has 3 heteroatoms. The van der Waals surface area contributed by atoms with E-state index in [-0.39, 0.29) is 0 Å². The molecule has 1 aliphatic rings. The van der Waals surface area contributed by atoms with Gasteiger partial charge in [-0.2, -0.15) is 0 Å². The van der Waals surface area contributed by atoms with Crippen molar-refractivity contribution in [3.8, 4) is 0 Å². The number of H-pyrrole nitrogens is 1. The van der Waals surface area contributed by atoms with Gasteiger partial charge in [-0.1, -0.05) is 12.2 Å². The minimum atomic E-state index is 1.05. The highest BCUT2D eigenvalue weighted by atomic mass is 15.1. The van der Waals surface area contributed by atoms with E-state index in [1.807, 2.05) is 6.08 Å². The summed E-state index contributed by atoms with van der Waals surface area (Å²) in [6.07, 6.45) is 13.4. The van der Waals surface area contributed by atoms with Crippen LogP contribution in [0, 0.1) is 0 Å². The standard InChI is InChI=1S/C6H9N.C3H4N2/c1-7-5-3-2-4-6-7;1-2-5-3-4-1/h2-5H,6H2,1H3;1-3H,(H,4,5). The predicted molar refractivity (Wildman–Crippen MR) is 49.5 cm³/mol. The van der Waals surface area contributed by atoms with E-state index in [9.17, 15) is 0 Å². The Kier molecular flexibility index (Phi) is 3.71.